The van der Waals surface area contributed by atoms with Crippen LogP contribution in [-0.4, -0.2) is 57.0 Å². The second-order valence-electron chi connectivity index (χ2n) is 5.60. The van der Waals surface area contributed by atoms with Gasteiger partial charge in [0.05, 0.1) is 18.1 Å². The monoisotopic (exact) mass is 444 g/mol. The summed E-state index contributed by atoms with van der Waals surface area (Å²) >= 11 is 0. The van der Waals surface area contributed by atoms with Gasteiger partial charge in [0.15, 0.2) is 15.8 Å². The van der Waals surface area contributed by atoms with Crippen LogP contribution < -0.4 is 16.0 Å². The predicted octanol–water partition coefficient (Wildman–Crippen LogP) is 0.0153. The van der Waals surface area contributed by atoms with Gasteiger partial charge < -0.3 is 16.0 Å². The predicted molar refractivity (Wildman–Crippen MR) is 97.4 cm³/mol. The SMILES string of the molecule is CCNC(=NCCC(=O)NC1CCS(=O)(=O)C1)NC1CC1.I. The third-order valence-electron chi connectivity index (χ3n) is 3.47. The average Bonchev–Trinajstić information content (AvgIpc) is 3.14. The minimum atomic E-state index is -2.95. The molecule has 1 saturated heterocycles. The van der Waals surface area contributed by atoms with E-state index in [4.69, 9.17) is 0 Å². The lowest BCUT2D eigenvalue weighted by molar-refractivity contribution is -0.121. The summed E-state index contributed by atoms with van der Waals surface area (Å²) in [7, 11) is -2.95. The number of guanidine groups is 1. The first-order valence-corrected chi connectivity index (χ1v) is 9.35. The van der Waals surface area contributed by atoms with E-state index in [1.807, 2.05) is 6.92 Å². The fourth-order valence-corrected chi connectivity index (χ4v) is 3.89. The number of hydrogen-bond donors (Lipinski definition) is 3. The summed E-state index contributed by atoms with van der Waals surface area (Å²) < 4.78 is 22.6. The van der Waals surface area contributed by atoms with E-state index >= 15 is 0 Å². The van der Waals surface area contributed by atoms with E-state index in [-0.39, 0.29) is 53.9 Å². The van der Waals surface area contributed by atoms with Gasteiger partial charge in [-0.25, -0.2) is 8.42 Å². The molecule has 128 valence electrons. The highest BCUT2D eigenvalue weighted by Crippen LogP contribution is 2.18. The molecule has 2 rings (SSSR count). The standard InChI is InChI=1S/C13H24N4O3S.HI/c1-2-14-13(17-10-3-4-10)15-7-5-12(18)16-11-6-8-21(19,20)9-11;/h10-11H,2-9H2,1H3,(H,16,18)(H2,14,15,17);1H. The summed E-state index contributed by atoms with van der Waals surface area (Å²) in [5, 5.41) is 9.18. The number of sulfone groups is 1. The van der Waals surface area contributed by atoms with Crippen molar-refractivity contribution in [1.29, 1.82) is 0 Å². The Morgan fingerprint density at radius 2 is 1.91 bits per heavy atom. The van der Waals surface area contributed by atoms with E-state index in [9.17, 15) is 13.2 Å². The number of nitrogens with one attached hydrogen (secondary N) is 3. The Morgan fingerprint density at radius 3 is 2.45 bits per heavy atom. The smallest absolute Gasteiger partial charge is 0.222 e. The van der Waals surface area contributed by atoms with Crippen molar-refractivity contribution in [1.82, 2.24) is 16.0 Å². The fraction of sp³-hybridized carbons (Fsp3) is 0.846. The summed E-state index contributed by atoms with van der Waals surface area (Å²) in [5.41, 5.74) is 0. The second-order valence-corrected chi connectivity index (χ2v) is 7.83. The Bertz CT molecular complexity index is 505. The molecule has 0 aromatic heterocycles. The van der Waals surface area contributed by atoms with Crippen molar-refractivity contribution in [3.63, 3.8) is 0 Å². The molecule has 7 nitrogen and oxygen atoms in total. The molecule has 1 heterocycles. The Kier molecular flexibility index (Phi) is 7.87. The fourth-order valence-electron chi connectivity index (χ4n) is 2.22. The first-order chi connectivity index (χ1) is 9.98. The van der Waals surface area contributed by atoms with Gasteiger partial charge in [-0.2, -0.15) is 0 Å². The first kappa shape index (κ1) is 19.5. The van der Waals surface area contributed by atoms with Gasteiger partial charge in [0.2, 0.25) is 5.91 Å². The Labute approximate surface area is 149 Å². The maximum absolute atomic E-state index is 11.8. The number of hydrogen-bond acceptors (Lipinski definition) is 4. The molecule has 0 aromatic carbocycles. The van der Waals surface area contributed by atoms with Crippen molar-refractivity contribution < 1.29 is 13.2 Å². The largest absolute Gasteiger partial charge is 0.357 e. The zero-order valence-corrected chi connectivity index (χ0v) is 15.9. The van der Waals surface area contributed by atoms with Crippen LogP contribution in [-0.2, 0) is 14.6 Å². The van der Waals surface area contributed by atoms with Gasteiger partial charge in [-0.15, -0.1) is 24.0 Å². The number of aliphatic imine (C=N–C) groups is 1. The number of carbonyl (C=O) groups is 1. The molecule has 1 aliphatic carbocycles. The van der Waals surface area contributed by atoms with Crippen molar-refractivity contribution in [3.05, 3.63) is 0 Å². The van der Waals surface area contributed by atoms with Crippen molar-refractivity contribution in [2.75, 3.05) is 24.6 Å². The number of amides is 1. The highest BCUT2D eigenvalue weighted by Gasteiger charge is 2.28. The van der Waals surface area contributed by atoms with Crippen LogP contribution >= 0.6 is 24.0 Å². The molecule has 0 spiro atoms. The van der Waals surface area contributed by atoms with E-state index in [2.05, 4.69) is 20.9 Å². The minimum Gasteiger partial charge on any atom is -0.357 e. The molecule has 1 saturated carbocycles. The van der Waals surface area contributed by atoms with Gasteiger partial charge in [-0.3, -0.25) is 9.79 Å². The molecule has 2 fully saturated rings. The molecular weight excluding hydrogens is 419 g/mol. The molecule has 1 atom stereocenters. The van der Waals surface area contributed by atoms with Crippen molar-refractivity contribution in [3.8, 4) is 0 Å². The molecule has 9 heteroatoms. The summed E-state index contributed by atoms with van der Waals surface area (Å²) in [6.45, 7) is 3.18. The molecular formula is C13H25IN4O3S. The van der Waals surface area contributed by atoms with Gasteiger partial charge in [0, 0.05) is 25.0 Å². The van der Waals surface area contributed by atoms with E-state index < -0.39 is 9.84 Å². The molecule has 1 aliphatic heterocycles. The number of nitrogens with zero attached hydrogens (tertiary/aromatic N) is 1. The van der Waals surface area contributed by atoms with Crippen LogP contribution in [0.4, 0.5) is 0 Å². The summed E-state index contributed by atoms with van der Waals surface area (Å²) in [6.07, 6.45) is 3.13. The number of halogens is 1. The van der Waals surface area contributed by atoms with Crippen LogP contribution in [0.3, 0.4) is 0 Å². The molecule has 1 unspecified atom stereocenters. The molecule has 3 N–H and O–H groups in total. The molecule has 1 amide bonds. The summed E-state index contributed by atoms with van der Waals surface area (Å²) in [6, 6.07) is 0.282. The molecule has 0 radical (unpaired) electrons. The Balaban J connectivity index is 0.00000242. The zero-order chi connectivity index (χ0) is 15.3. The summed E-state index contributed by atoms with van der Waals surface area (Å²) in [5.74, 6) is 0.846. The number of carbonyl (C=O) groups excluding carboxylic acids is 1. The van der Waals surface area contributed by atoms with Crippen LogP contribution in [0.5, 0.6) is 0 Å². The van der Waals surface area contributed by atoms with Gasteiger partial charge in [0.25, 0.3) is 0 Å². The zero-order valence-electron chi connectivity index (χ0n) is 12.8. The third-order valence-corrected chi connectivity index (χ3v) is 5.24. The van der Waals surface area contributed by atoms with Gasteiger partial charge in [0.1, 0.15) is 0 Å². The highest BCUT2D eigenvalue weighted by molar-refractivity contribution is 14.0. The Morgan fingerprint density at radius 1 is 1.18 bits per heavy atom. The van der Waals surface area contributed by atoms with E-state index in [1.165, 1.54) is 12.8 Å². The maximum Gasteiger partial charge on any atom is 0.222 e. The lowest BCUT2D eigenvalue weighted by Crippen LogP contribution is -2.39. The number of rotatable bonds is 6. The van der Waals surface area contributed by atoms with E-state index in [0.29, 0.717) is 19.0 Å². The first-order valence-electron chi connectivity index (χ1n) is 7.53. The topological polar surface area (TPSA) is 99.7 Å². The van der Waals surface area contributed by atoms with Crippen LogP contribution in [0.1, 0.15) is 32.6 Å². The Hall–Kier alpha value is -0.580. The van der Waals surface area contributed by atoms with E-state index in [0.717, 1.165) is 12.5 Å². The molecule has 0 bridgehead atoms. The third kappa shape index (κ3) is 7.12. The maximum atomic E-state index is 11.8. The summed E-state index contributed by atoms with van der Waals surface area (Å²) in [4.78, 5) is 16.1. The van der Waals surface area contributed by atoms with Crippen molar-refractivity contribution >= 4 is 45.7 Å². The normalized spacial score (nSPS) is 23.5. The quantitative estimate of drug-likeness (QED) is 0.305. The van der Waals surface area contributed by atoms with Gasteiger partial charge in [-0.05, 0) is 26.2 Å². The van der Waals surface area contributed by atoms with Crippen LogP contribution in [0.2, 0.25) is 0 Å². The van der Waals surface area contributed by atoms with Gasteiger partial charge >= 0.3 is 0 Å². The second kappa shape index (κ2) is 8.90. The average molecular weight is 444 g/mol. The molecule has 0 aromatic rings. The van der Waals surface area contributed by atoms with Crippen LogP contribution in [0.15, 0.2) is 4.99 Å². The molecule has 2 aliphatic rings. The minimum absolute atomic E-state index is 0. The lowest BCUT2D eigenvalue weighted by atomic mass is 10.2. The molecule has 22 heavy (non-hydrogen) atoms. The lowest BCUT2D eigenvalue weighted by Gasteiger charge is -2.11. The van der Waals surface area contributed by atoms with Gasteiger partial charge in [-0.1, -0.05) is 0 Å². The highest BCUT2D eigenvalue weighted by atomic mass is 127. The van der Waals surface area contributed by atoms with E-state index in [1.54, 1.807) is 0 Å². The van der Waals surface area contributed by atoms with Crippen LogP contribution in [0, 0.1) is 0 Å². The van der Waals surface area contributed by atoms with Crippen LogP contribution in [0.25, 0.3) is 0 Å². The van der Waals surface area contributed by atoms with Crippen molar-refractivity contribution in [2.45, 2.75) is 44.7 Å². The van der Waals surface area contributed by atoms with Crippen molar-refractivity contribution in [2.24, 2.45) is 4.99 Å².